The standard InChI is InChI=1S/C22H26N4O4/c1-21(2,3)30-20(29)26-15(12-22(4)13-16(22)26)18(27)24-14-8-7-11-25(19(14)28)17-9-5-6-10-23-17/h5-11,15-16H,12-13H2,1-4H3,(H,24,27)/t15-,16+,22-/m0/s1. The Hall–Kier alpha value is -3.16. The summed E-state index contributed by atoms with van der Waals surface area (Å²) in [5.41, 5.74) is -0.975. The van der Waals surface area contributed by atoms with E-state index in [2.05, 4.69) is 17.2 Å². The van der Waals surface area contributed by atoms with Gasteiger partial charge in [-0.2, -0.15) is 0 Å². The van der Waals surface area contributed by atoms with Crippen LogP contribution in [0.3, 0.4) is 0 Å². The summed E-state index contributed by atoms with van der Waals surface area (Å²) in [5.74, 6) is 0.0776. The number of ether oxygens (including phenoxy) is 1. The van der Waals surface area contributed by atoms with Crippen LogP contribution in [0.15, 0.2) is 47.5 Å². The Balaban J connectivity index is 1.57. The summed E-state index contributed by atoms with van der Waals surface area (Å²) in [6.07, 6.45) is 4.10. The van der Waals surface area contributed by atoms with Gasteiger partial charge in [-0.15, -0.1) is 0 Å². The van der Waals surface area contributed by atoms with Crippen LogP contribution >= 0.6 is 0 Å². The van der Waals surface area contributed by atoms with Gasteiger partial charge in [-0.1, -0.05) is 13.0 Å². The maximum absolute atomic E-state index is 13.1. The smallest absolute Gasteiger partial charge is 0.411 e. The average Bonchev–Trinajstić information content (AvgIpc) is 3.23. The first-order valence-corrected chi connectivity index (χ1v) is 10.0. The normalized spacial score (nSPS) is 24.9. The minimum absolute atomic E-state index is 0.0101. The number of anilines is 1. The first kappa shape index (κ1) is 20.1. The van der Waals surface area contributed by atoms with Crippen molar-refractivity contribution in [3.8, 4) is 5.82 Å². The number of piperidine rings is 1. The average molecular weight is 410 g/mol. The maximum Gasteiger partial charge on any atom is 0.411 e. The summed E-state index contributed by atoms with van der Waals surface area (Å²) in [7, 11) is 0. The number of carbonyl (C=O) groups is 2. The lowest BCUT2D eigenvalue weighted by atomic mass is 10.0. The van der Waals surface area contributed by atoms with Crippen molar-refractivity contribution in [3.05, 3.63) is 53.1 Å². The van der Waals surface area contributed by atoms with Crippen molar-refractivity contribution in [3.63, 3.8) is 0 Å². The van der Waals surface area contributed by atoms with Gasteiger partial charge in [-0.3, -0.25) is 19.1 Å². The fourth-order valence-electron chi connectivity index (χ4n) is 4.06. The Morgan fingerprint density at radius 1 is 1.20 bits per heavy atom. The number of likely N-dealkylation sites (tertiary alicyclic amines) is 1. The van der Waals surface area contributed by atoms with Crippen molar-refractivity contribution in [2.24, 2.45) is 5.41 Å². The Morgan fingerprint density at radius 2 is 1.97 bits per heavy atom. The molecule has 1 N–H and O–H groups in total. The van der Waals surface area contributed by atoms with E-state index in [1.807, 2.05) is 0 Å². The number of hydrogen-bond acceptors (Lipinski definition) is 5. The third-order valence-corrected chi connectivity index (χ3v) is 5.64. The molecule has 0 radical (unpaired) electrons. The molecule has 1 saturated heterocycles. The molecule has 8 heteroatoms. The van der Waals surface area contributed by atoms with Crippen molar-refractivity contribution in [2.75, 3.05) is 5.32 Å². The van der Waals surface area contributed by atoms with Gasteiger partial charge in [0, 0.05) is 18.4 Å². The molecule has 1 aliphatic heterocycles. The van der Waals surface area contributed by atoms with E-state index in [1.54, 1.807) is 68.4 Å². The van der Waals surface area contributed by atoms with E-state index in [1.165, 1.54) is 4.57 Å². The highest BCUT2D eigenvalue weighted by Gasteiger charge is 2.65. The molecule has 0 unspecified atom stereocenters. The van der Waals surface area contributed by atoms with Crippen LogP contribution in [0.4, 0.5) is 10.5 Å². The molecule has 0 aromatic carbocycles. The second kappa shape index (κ2) is 6.97. The first-order valence-electron chi connectivity index (χ1n) is 10.0. The number of amides is 2. The summed E-state index contributed by atoms with van der Waals surface area (Å²) in [6, 6.07) is 7.79. The van der Waals surface area contributed by atoms with E-state index in [-0.39, 0.29) is 28.6 Å². The number of nitrogens with one attached hydrogen (secondary N) is 1. The molecule has 4 rings (SSSR count). The fraction of sp³-hybridized carbons (Fsp3) is 0.455. The van der Waals surface area contributed by atoms with E-state index in [9.17, 15) is 14.4 Å². The van der Waals surface area contributed by atoms with Crippen LogP contribution in [0, 0.1) is 5.41 Å². The number of nitrogens with zero attached hydrogens (tertiary/aromatic N) is 3. The van der Waals surface area contributed by atoms with Crippen LogP contribution in [0.1, 0.15) is 40.5 Å². The van der Waals surface area contributed by atoms with Crippen LogP contribution in [0.2, 0.25) is 0 Å². The molecule has 3 atom stereocenters. The Kier molecular flexibility index (Phi) is 4.67. The number of rotatable bonds is 3. The fourth-order valence-corrected chi connectivity index (χ4v) is 4.06. The number of hydrogen-bond donors (Lipinski definition) is 1. The van der Waals surface area contributed by atoms with Gasteiger partial charge in [0.1, 0.15) is 23.1 Å². The SMILES string of the molecule is CC(C)(C)OC(=O)N1[C@H](C(=O)Nc2cccn(-c3ccccn3)c2=O)C[C@@]2(C)C[C@@H]12. The molecule has 2 aromatic rings. The molecule has 3 heterocycles. The number of fused-ring (bicyclic) bond motifs is 1. The van der Waals surface area contributed by atoms with Crippen LogP contribution in [-0.2, 0) is 9.53 Å². The molecule has 8 nitrogen and oxygen atoms in total. The van der Waals surface area contributed by atoms with Crippen LogP contribution < -0.4 is 10.9 Å². The van der Waals surface area contributed by atoms with Gasteiger partial charge in [-0.05, 0) is 63.3 Å². The van der Waals surface area contributed by atoms with E-state index < -0.39 is 17.7 Å². The van der Waals surface area contributed by atoms with Crippen molar-refractivity contribution in [1.82, 2.24) is 14.5 Å². The summed E-state index contributed by atoms with van der Waals surface area (Å²) in [5, 5.41) is 2.72. The molecule has 30 heavy (non-hydrogen) atoms. The van der Waals surface area contributed by atoms with Gasteiger partial charge in [0.15, 0.2) is 0 Å². The minimum Gasteiger partial charge on any atom is -0.444 e. The number of pyridine rings is 2. The number of carbonyl (C=O) groups excluding carboxylic acids is 2. The summed E-state index contributed by atoms with van der Waals surface area (Å²) in [4.78, 5) is 44.4. The third kappa shape index (κ3) is 3.69. The Morgan fingerprint density at radius 3 is 2.63 bits per heavy atom. The molecule has 1 aliphatic carbocycles. The molecule has 2 aliphatic rings. The number of aromatic nitrogens is 2. The Bertz CT molecular complexity index is 1040. The zero-order valence-electron chi connectivity index (χ0n) is 17.6. The van der Waals surface area contributed by atoms with Gasteiger partial charge in [0.2, 0.25) is 5.91 Å². The van der Waals surface area contributed by atoms with Crippen LogP contribution in [-0.4, -0.2) is 44.1 Å². The largest absolute Gasteiger partial charge is 0.444 e. The molecule has 1 saturated carbocycles. The second-order valence-electron chi connectivity index (χ2n) is 9.26. The highest BCUT2D eigenvalue weighted by atomic mass is 16.6. The second-order valence-corrected chi connectivity index (χ2v) is 9.26. The quantitative estimate of drug-likeness (QED) is 0.840. The van der Waals surface area contributed by atoms with Gasteiger partial charge in [-0.25, -0.2) is 9.78 Å². The van der Waals surface area contributed by atoms with Crippen LogP contribution in [0.25, 0.3) is 5.82 Å². The third-order valence-electron chi connectivity index (χ3n) is 5.64. The molecule has 0 spiro atoms. The first-order chi connectivity index (χ1) is 14.1. The molecule has 2 aromatic heterocycles. The van der Waals surface area contributed by atoms with E-state index in [4.69, 9.17) is 4.74 Å². The summed E-state index contributed by atoms with van der Waals surface area (Å²) >= 11 is 0. The lowest BCUT2D eigenvalue weighted by molar-refractivity contribution is -0.121. The molecular formula is C22H26N4O4. The summed E-state index contributed by atoms with van der Waals surface area (Å²) in [6.45, 7) is 7.46. The lowest BCUT2D eigenvalue weighted by Gasteiger charge is -2.29. The van der Waals surface area contributed by atoms with E-state index in [0.717, 1.165) is 6.42 Å². The zero-order chi connectivity index (χ0) is 21.7. The predicted molar refractivity (Wildman–Crippen MR) is 111 cm³/mol. The predicted octanol–water partition coefficient (Wildman–Crippen LogP) is 2.96. The molecular weight excluding hydrogens is 384 g/mol. The minimum atomic E-state index is -0.675. The van der Waals surface area contributed by atoms with Crippen molar-refractivity contribution >= 4 is 17.7 Å². The van der Waals surface area contributed by atoms with Gasteiger partial charge >= 0.3 is 6.09 Å². The van der Waals surface area contributed by atoms with Crippen molar-refractivity contribution < 1.29 is 14.3 Å². The topological polar surface area (TPSA) is 93.5 Å². The molecule has 0 bridgehead atoms. The van der Waals surface area contributed by atoms with Gasteiger partial charge in [0.05, 0.1) is 0 Å². The summed E-state index contributed by atoms with van der Waals surface area (Å²) < 4.78 is 6.90. The Labute approximate surface area is 174 Å². The molecule has 158 valence electrons. The van der Waals surface area contributed by atoms with Gasteiger partial charge in [0.25, 0.3) is 5.56 Å². The molecule has 2 amide bonds. The highest BCUT2D eigenvalue weighted by molar-refractivity contribution is 5.97. The van der Waals surface area contributed by atoms with Gasteiger partial charge < -0.3 is 10.1 Å². The molecule has 2 fully saturated rings. The van der Waals surface area contributed by atoms with Crippen molar-refractivity contribution in [1.29, 1.82) is 0 Å². The monoisotopic (exact) mass is 410 g/mol. The lowest BCUT2D eigenvalue weighted by Crippen LogP contribution is -2.47. The highest BCUT2D eigenvalue weighted by Crippen LogP contribution is 2.59. The zero-order valence-corrected chi connectivity index (χ0v) is 17.6. The van der Waals surface area contributed by atoms with E-state index in [0.29, 0.717) is 12.2 Å². The van der Waals surface area contributed by atoms with Crippen molar-refractivity contribution in [2.45, 2.75) is 58.2 Å². The van der Waals surface area contributed by atoms with E-state index >= 15 is 0 Å². The maximum atomic E-state index is 13.1. The van der Waals surface area contributed by atoms with Crippen LogP contribution in [0.5, 0.6) is 0 Å².